The minimum atomic E-state index is -0.410. The summed E-state index contributed by atoms with van der Waals surface area (Å²) in [4.78, 5) is 24.9. The molecule has 1 fully saturated rings. The van der Waals surface area contributed by atoms with Gasteiger partial charge in [-0.25, -0.2) is 5.84 Å². The molecule has 0 aliphatic carbocycles. The molecule has 1 aliphatic rings. The number of carbonyl (C=O) groups is 2. The summed E-state index contributed by atoms with van der Waals surface area (Å²) >= 11 is 0. The van der Waals surface area contributed by atoms with Gasteiger partial charge in [0.15, 0.2) is 0 Å². The molecule has 2 amide bonds. The van der Waals surface area contributed by atoms with Gasteiger partial charge in [0.2, 0.25) is 11.8 Å². The number of benzene rings is 1. The van der Waals surface area contributed by atoms with E-state index in [1.165, 1.54) is 0 Å². The summed E-state index contributed by atoms with van der Waals surface area (Å²) in [5.74, 6) is 4.86. The monoisotopic (exact) mass is 249 g/mol. The van der Waals surface area contributed by atoms with Gasteiger partial charge < -0.3 is 9.64 Å². The Morgan fingerprint density at radius 3 is 2.89 bits per heavy atom. The lowest BCUT2D eigenvalue weighted by Crippen LogP contribution is -2.37. The molecule has 3 N–H and O–H groups in total. The number of carbonyl (C=O) groups excluding carboxylic acids is 2. The highest BCUT2D eigenvalue weighted by molar-refractivity contribution is 6.01. The largest absolute Gasteiger partial charge is 0.495 e. The molecule has 0 spiro atoms. The van der Waals surface area contributed by atoms with Crippen molar-refractivity contribution in [3.63, 3.8) is 0 Å². The van der Waals surface area contributed by atoms with E-state index in [0.29, 0.717) is 18.0 Å². The second-order valence-corrected chi connectivity index (χ2v) is 4.09. The molecule has 0 radical (unpaired) electrons. The zero-order valence-corrected chi connectivity index (χ0v) is 10.1. The van der Waals surface area contributed by atoms with E-state index >= 15 is 0 Å². The van der Waals surface area contributed by atoms with Crippen molar-refractivity contribution < 1.29 is 14.3 Å². The molecule has 0 unspecified atom stereocenters. The first-order valence-corrected chi connectivity index (χ1v) is 5.61. The minimum absolute atomic E-state index is 0.104. The van der Waals surface area contributed by atoms with Gasteiger partial charge in [-0.1, -0.05) is 12.1 Å². The van der Waals surface area contributed by atoms with Crippen LogP contribution in [0.4, 0.5) is 5.69 Å². The molecule has 1 atom stereocenters. The number of amides is 2. The lowest BCUT2D eigenvalue weighted by molar-refractivity contribution is -0.126. The van der Waals surface area contributed by atoms with E-state index in [1.807, 2.05) is 12.1 Å². The summed E-state index contributed by atoms with van der Waals surface area (Å²) in [7, 11) is 1.55. The van der Waals surface area contributed by atoms with E-state index in [0.717, 1.165) is 0 Å². The lowest BCUT2D eigenvalue weighted by Gasteiger charge is -2.19. The number of hydrogen-bond acceptors (Lipinski definition) is 4. The lowest BCUT2D eigenvalue weighted by atomic mass is 10.1. The fourth-order valence-electron chi connectivity index (χ4n) is 2.09. The maximum atomic E-state index is 11.9. The van der Waals surface area contributed by atoms with Crippen LogP contribution in [0.25, 0.3) is 0 Å². The number of hydrazine groups is 1. The summed E-state index contributed by atoms with van der Waals surface area (Å²) < 4.78 is 5.21. The van der Waals surface area contributed by atoms with Crippen LogP contribution >= 0.6 is 0 Å². The highest BCUT2D eigenvalue weighted by atomic mass is 16.5. The first kappa shape index (κ1) is 12.4. The highest BCUT2D eigenvalue weighted by Crippen LogP contribution is 2.32. The van der Waals surface area contributed by atoms with E-state index in [9.17, 15) is 9.59 Å². The zero-order chi connectivity index (χ0) is 13.1. The average Bonchev–Trinajstić information content (AvgIpc) is 2.79. The molecule has 0 bridgehead atoms. The highest BCUT2D eigenvalue weighted by Gasteiger charge is 2.35. The Kier molecular flexibility index (Phi) is 3.47. The number of para-hydroxylation sites is 2. The van der Waals surface area contributed by atoms with Crippen LogP contribution in [0.15, 0.2) is 24.3 Å². The smallest absolute Gasteiger partial charge is 0.239 e. The summed E-state index contributed by atoms with van der Waals surface area (Å²) in [5, 5.41) is 0. The number of hydrogen-bond donors (Lipinski definition) is 2. The Morgan fingerprint density at radius 1 is 1.50 bits per heavy atom. The van der Waals surface area contributed by atoms with Gasteiger partial charge in [0.1, 0.15) is 5.75 Å². The summed E-state index contributed by atoms with van der Waals surface area (Å²) in [6.07, 6.45) is 0.168. The molecule has 6 nitrogen and oxygen atoms in total. The van der Waals surface area contributed by atoms with Crippen molar-refractivity contribution in [2.24, 2.45) is 11.8 Å². The molecule has 1 saturated heterocycles. The predicted molar refractivity (Wildman–Crippen MR) is 65.8 cm³/mol. The second kappa shape index (κ2) is 5.05. The molecule has 1 aliphatic heterocycles. The van der Waals surface area contributed by atoms with E-state index in [4.69, 9.17) is 10.6 Å². The van der Waals surface area contributed by atoms with Gasteiger partial charge in [-0.3, -0.25) is 15.0 Å². The van der Waals surface area contributed by atoms with Crippen LogP contribution < -0.4 is 20.9 Å². The van der Waals surface area contributed by atoms with Crippen molar-refractivity contribution in [2.45, 2.75) is 6.42 Å². The van der Waals surface area contributed by atoms with Gasteiger partial charge in [0.25, 0.3) is 0 Å². The average molecular weight is 249 g/mol. The molecule has 1 aromatic rings. The van der Waals surface area contributed by atoms with Crippen LogP contribution in [0, 0.1) is 5.92 Å². The van der Waals surface area contributed by atoms with E-state index in [1.54, 1.807) is 24.1 Å². The van der Waals surface area contributed by atoms with Gasteiger partial charge in [-0.15, -0.1) is 0 Å². The first-order chi connectivity index (χ1) is 8.67. The van der Waals surface area contributed by atoms with E-state index in [-0.39, 0.29) is 18.2 Å². The molecular weight excluding hydrogens is 234 g/mol. The van der Waals surface area contributed by atoms with Crippen LogP contribution in [0.5, 0.6) is 5.75 Å². The fourth-order valence-corrected chi connectivity index (χ4v) is 2.09. The molecule has 96 valence electrons. The van der Waals surface area contributed by atoms with Gasteiger partial charge in [-0.2, -0.15) is 0 Å². The topological polar surface area (TPSA) is 84.7 Å². The van der Waals surface area contributed by atoms with Crippen molar-refractivity contribution in [2.75, 3.05) is 18.6 Å². The second-order valence-electron chi connectivity index (χ2n) is 4.09. The number of methoxy groups -OCH3 is 1. The molecule has 2 rings (SSSR count). The molecule has 18 heavy (non-hydrogen) atoms. The Balaban J connectivity index is 2.24. The van der Waals surface area contributed by atoms with Crippen LogP contribution in [0.2, 0.25) is 0 Å². The van der Waals surface area contributed by atoms with E-state index < -0.39 is 5.92 Å². The summed E-state index contributed by atoms with van der Waals surface area (Å²) in [6, 6.07) is 7.22. The Morgan fingerprint density at radius 2 is 2.22 bits per heavy atom. The third-order valence-corrected chi connectivity index (χ3v) is 3.01. The summed E-state index contributed by atoms with van der Waals surface area (Å²) in [5.41, 5.74) is 2.76. The Hall–Kier alpha value is -2.08. The molecular formula is C12H15N3O3. The third-order valence-electron chi connectivity index (χ3n) is 3.01. The van der Waals surface area contributed by atoms with Gasteiger partial charge >= 0.3 is 0 Å². The molecule has 0 aromatic heterocycles. The van der Waals surface area contributed by atoms with Crippen LogP contribution in [0.1, 0.15) is 6.42 Å². The fraction of sp³-hybridized carbons (Fsp3) is 0.333. The maximum absolute atomic E-state index is 11.9. The number of nitrogens with one attached hydrogen (secondary N) is 1. The number of rotatable bonds is 3. The van der Waals surface area contributed by atoms with Gasteiger partial charge in [0, 0.05) is 13.0 Å². The van der Waals surface area contributed by atoms with Crippen molar-refractivity contribution in [1.82, 2.24) is 5.43 Å². The quantitative estimate of drug-likeness (QED) is 0.450. The SMILES string of the molecule is COc1ccccc1N1C[C@H](C(=O)NN)CC1=O. The van der Waals surface area contributed by atoms with Crippen LogP contribution in [-0.4, -0.2) is 25.5 Å². The molecule has 0 saturated carbocycles. The first-order valence-electron chi connectivity index (χ1n) is 5.61. The van der Waals surface area contributed by atoms with Crippen LogP contribution in [-0.2, 0) is 9.59 Å². The summed E-state index contributed by atoms with van der Waals surface area (Å²) in [6.45, 7) is 0.322. The number of ether oxygens (including phenoxy) is 1. The third kappa shape index (κ3) is 2.14. The van der Waals surface area contributed by atoms with Crippen molar-refractivity contribution in [1.29, 1.82) is 0 Å². The van der Waals surface area contributed by atoms with Crippen molar-refractivity contribution >= 4 is 17.5 Å². The predicted octanol–water partition coefficient (Wildman–Crippen LogP) is 0.0380. The molecule has 6 heteroatoms. The Bertz CT molecular complexity index is 475. The Labute approximate surface area is 105 Å². The van der Waals surface area contributed by atoms with Gasteiger partial charge in [-0.05, 0) is 12.1 Å². The standard InChI is InChI=1S/C12H15N3O3/c1-18-10-5-3-2-4-9(10)15-7-8(6-11(15)16)12(17)14-13/h2-5,8H,6-7,13H2,1H3,(H,14,17)/t8-/m1/s1. The zero-order valence-electron chi connectivity index (χ0n) is 10.1. The number of anilines is 1. The molecule has 1 aromatic carbocycles. The van der Waals surface area contributed by atoms with Crippen molar-refractivity contribution in [3.05, 3.63) is 24.3 Å². The minimum Gasteiger partial charge on any atom is -0.495 e. The van der Waals surface area contributed by atoms with Gasteiger partial charge in [0.05, 0.1) is 18.7 Å². The van der Waals surface area contributed by atoms with E-state index in [2.05, 4.69) is 5.43 Å². The normalized spacial score (nSPS) is 18.9. The number of nitrogens with zero attached hydrogens (tertiary/aromatic N) is 1. The van der Waals surface area contributed by atoms with Crippen molar-refractivity contribution in [3.8, 4) is 5.75 Å². The number of nitrogens with two attached hydrogens (primary N) is 1. The molecule has 1 heterocycles. The maximum Gasteiger partial charge on any atom is 0.239 e. The van der Waals surface area contributed by atoms with Crippen LogP contribution in [0.3, 0.4) is 0 Å².